The second-order valence-corrected chi connectivity index (χ2v) is 9.23. The summed E-state index contributed by atoms with van der Waals surface area (Å²) in [6.45, 7) is 13.0. The van der Waals surface area contributed by atoms with Gasteiger partial charge in [0.2, 0.25) is 0 Å². The maximum absolute atomic E-state index is 11.1. The molecule has 0 aliphatic heterocycles. The Hall–Kier alpha value is -1.78. The van der Waals surface area contributed by atoms with E-state index in [9.17, 15) is 9.90 Å². The molecule has 2 aromatic rings. The maximum Gasteiger partial charge on any atom is 0.335 e. The molecule has 3 nitrogen and oxygen atoms in total. The van der Waals surface area contributed by atoms with Crippen molar-refractivity contribution in [1.82, 2.24) is 0 Å². The third-order valence-corrected chi connectivity index (χ3v) is 6.31. The van der Waals surface area contributed by atoms with E-state index in [1.54, 1.807) is 12.1 Å². The van der Waals surface area contributed by atoms with E-state index >= 15 is 0 Å². The molecule has 0 fully saturated rings. The Morgan fingerprint density at radius 2 is 1.36 bits per heavy atom. The zero-order chi connectivity index (χ0) is 21.3. The number of hydrogen-bond donors (Lipinski definition) is 3. The molecule has 1 unspecified atom stereocenters. The zero-order valence-corrected chi connectivity index (χ0v) is 18.6. The average molecular weight is 401 g/mol. The molecule has 4 heteroatoms. The minimum atomic E-state index is -1.48. The second-order valence-electron chi connectivity index (χ2n) is 8.58. The third-order valence-electron chi connectivity index (χ3n) is 5.79. The first-order valence-corrected chi connectivity index (χ1v) is 10.3. The van der Waals surface area contributed by atoms with Crippen LogP contribution in [0.15, 0.2) is 42.5 Å². The van der Waals surface area contributed by atoms with Gasteiger partial charge in [0.05, 0.1) is 5.56 Å². The summed E-state index contributed by atoms with van der Waals surface area (Å²) in [4.78, 5) is 9.56. The summed E-state index contributed by atoms with van der Waals surface area (Å²) in [6.07, 6.45) is 2.23. The number of thiol groups is 1. The number of hydrogen-bond acceptors (Lipinski definition) is 3. The highest BCUT2D eigenvalue weighted by molar-refractivity contribution is 7.81. The minimum Gasteiger partial charge on any atom is -0.478 e. The van der Waals surface area contributed by atoms with Gasteiger partial charge in [0.15, 0.2) is 4.93 Å². The van der Waals surface area contributed by atoms with E-state index in [-0.39, 0.29) is 16.4 Å². The van der Waals surface area contributed by atoms with Crippen molar-refractivity contribution in [3.8, 4) is 0 Å². The molecule has 0 radical (unpaired) electrons. The lowest BCUT2D eigenvalue weighted by Crippen LogP contribution is -2.34. The van der Waals surface area contributed by atoms with Crippen LogP contribution >= 0.6 is 12.6 Å². The van der Waals surface area contributed by atoms with Gasteiger partial charge in [-0.1, -0.05) is 71.9 Å². The van der Waals surface area contributed by atoms with Gasteiger partial charge in [0.25, 0.3) is 0 Å². The van der Waals surface area contributed by atoms with Gasteiger partial charge in [-0.25, -0.2) is 4.79 Å². The smallest absolute Gasteiger partial charge is 0.335 e. The molecule has 0 heterocycles. The molecule has 0 saturated carbocycles. The highest BCUT2D eigenvalue weighted by Gasteiger charge is 2.38. The molecule has 1 aliphatic rings. The summed E-state index contributed by atoms with van der Waals surface area (Å²) in [5.41, 5.74) is 4.17. The highest BCUT2D eigenvalue weighted by Crippen LogP contribution is 2.47. The van der Waals surface area contributed by atoms with Gasteiger partial charge in [-0.2, -0.15) is 0 Å². The molecule has 0 amide bonds. The zero-order valence-electron chi connectivity index (χ0n) is 17.7. The molecule has 3 rings (SSSR count). The van der Waals surface area contributed by atoms with Gasteiger partial charge >= 0.3 is 5.97 Å². The monoisotopic (exact) mass is 400 g/mol. The summed E-state index contributed by atoms with van der Waals surface area (Å²) in [5, 5.41) is 20.2. The number of fused-ring (bicyclic) bond motifs is 1. The molecule has 2 aromatic carbocycles. The molecule has 0 spiro atoms. The van der Waals surface area contributed by atoms with Crippen molar-refractivity contribution < 1.29 is 15.0 Å². The van der Waals surface area contributed by atoms with Crippen molar-refractivity contribution in [2.75, 3.05) is 0 Å². The Morgan fingerprint density at radius 1 is 0.893 bits per heavy atom. The standard InChI is InChI=1S/C22H26O3S.C2H6/c1-20(2)11-12-21(3,4)18-13-16(9-10-17(18)20)22(25,26)15-7-5-14(6-8-15)19(23)24;1-2/h5-10,13,25-26H,11-12H2,1-4H3,(H,23,24);1-2H3. The number of carbonyl (C=O) groups is 1. The molecule has 2 N–H and O–H groups in total. The SMILES string of the molecule is CC.CC1(C)CCC(C)(C)c2cc(C(O)(S)c3ccc(C(=O)O)cc3)ccc21. The molecule has 0 aromatic heterocycles. The summed E-state index contributed by atoms with van der Waals surface area (Å²) in [5.74, 6) is -0.989. The Kier molecular flexibility index (Phi) is 6.37. The summed E-state index contributed by atoms with van der Waals surface area (Å²) in [6, 6.07) is 12.3. The number of benzene rings is 2. The topological polar surface area (TPSA) is 57.5 Å². The Morgan fingerprint density at radius 3 is 1.86 bits per heavy atom. The first-order chi connectivity index (χ1) is 12.9. The summed E-state index contributed by atoms with van der Waals surface area (Å²) < 4.78 is 0. The number of aliphatic hydroxyl groups is 1. The number of carboxylic acids is 1. The summed E-state index contributed by atoms with van der Waals surface area (Å²) >= 11 is 4.53. The normalized spacial score (nSPS) is 18.9. The third kappa shape index (κ3) is 4.13. The minimum absolute atomic E-state index is 0.0396. The van der Waals surface area contributed by atoms with Gasteiger partial charge in [0.1, 0.15) is 0 Å². The van der Waals surface area contributed by atoms with Crippen LogP contribution in [-0.2, 0) is 15.8 Å². The van der Waals surface area contributed by atoms with Crippen LogP contribution in [0, 0.1) is 0 Å². The van der Waals surface area contributed by atoms with Gasteiger partial charge in [-0.3, -0.25) is 0 Å². The van der Waals surface area contributed by atoms with Crippen LogP contribution in [0.2, 0.25) is 0 Å². The first-order valence-electron chi connectivity index (χ1n) is 9.89. The van der Waals surface area contributed by atoms with Crippen LogP contribution in [0.5, 0.6) is 0 Å². The highest BCUT2D eigenvalue weighted by atomic mass is 32.1. The van der Waals surface area contributed by atoms with E-state index in [1.165, 1.54) is 23.3 Å². The summed E-state index contributed by atoms with van der Waals surface area (Å²) in [7, 11) is 0. The first kappa shape index (κ1) is 22.5. The lowest BCUT2D eigenvalue weighted by molar-refractivity contribution is 0.0696. The van der Waals surface area contributed by atoms with E-state index in [4.69, 9.17) is 5.11 Å². The average Bonchev–Trinajstić information content (AvgIpc) is 2.67. The van der Waals surface area contributed by atoms with Gasteiger partial charge in [-0.15, -0.1) is 12.6 Å². The fourth-order valence-corrected chi connectivity index (χ4v) is 4.11. The lowest BCUT2D eigenvalue weighted by atomic mass is 9.63. The quantitative estimate of drug-likeness (QED) is 0.445. The van der Waals surface area contributed by atoms with Crippen molar-refractivity contribution in [3.63, 3.8) is 0 Å². The van der Waals surface area contributed by atoms with Gasteiger partial charge in [-0.05, 0) is 58.1 Å². The second kappa shape index (κ2) is 7.92. The molecule has 0 saturated heterocycles. The molecule has 152 valence electrons. The maximum atomic E-state index is 11.1. The van der Waals surface area contributed by atoms with E-state index < -0.39 is 10.9 Å². The lowest BCUT2D eigenvalue weighted by Gasteiger charge is -2.42. The van der Waals surface area contributed by atoms with E-state index in [2.05, 4.69) is 52.5 Å². The van der Waals surface area contributed by atoms with Crippen LogP contribution in [0.1, 0.15) is 87.0 Å². The van der Waals surface area contributed by atoms with Crippen LogP contribution < -0.4 is 0 Å². The molecular weight excluding hydrogens is 368 g/mol. The van der Waals surface area contributed by atoms with E-state index in [0.29, 0.717) is 11.1 Å². The van der Waals surface area contributed by atoms with Crippen molar-refractivity contribution in [2.24, 2.45) is 0 Å². The molecule has 1 atom stereocenters. The van der Waals surface area contributed by atoms with Crippen LogP contribution in [0.3, 0.4) is 0 Å². The Labute approximate surface area is 174 Å². The van der Waals surface area contributed by atoms with Crippen LogP contribution in [-0.4, -0.2) is 16.2 Å². The molecule has 1 aliphatic carbocycles. The fourth-order valence-electron chi connectivity index (χ4n) is 3.82. The van der Waals surface area contributed by atoms with Crippen molar-refractivity contribution in [2.45, 2.75) is 70.1 Å². The van der Waals surface area contributed by atoms with Crippen molar-refractivity contribution in [3.05, 3.63) is 70.3 Å². The predicted molar refractivity (Wildman–Crippen MR) is 118 cm³/mol. The molecule has 0 bridgehead atoms. The largest absolute Gasteiger partial charge is 0.478 e. The Bertz CT molecular complexity index is 849. The van der Waals surface area contributed by atoms with E-state index in [0.717, 1.165) is 12.8 Å². The number of rotatable bonds is 3. The molecular formula is C24H32O3S. The van der Waals surface area contributed by atoms with Gasteiger partial charge < -0.3 is 10.2 Å². The van der Waals surface area contributed by atoms with Crippen LogP contribution in [0.4, 0.5) is 0 Å². The van der Waals surface area contributed by atoms with Crippen molar-refractivity contribution in [1.29, 1.82) is 0 Å². The van der Waals surface area contributed by atoms with Crippen molar-refractivity contribution >= 4 is 18.6 Å². The van der Waals surface area contributed by atoms with Gasteiger partial charge in [0, 0.05) is 0 Å². The predicted octanol–water partition coefficient (Wildman–Crippen LogP) is 5.88. The molecule has 28 heavy (non-hydrogen) atoms. The fraction of sp³-hybridized carbons (Fsp3) is 0.458. The Balaban J connectivity index is 0.00000136. The van der Waals surface area contributed by atoms with E-state index in [1.807, 2.05) is 19.9 Å². The van der Waals surface area contributed by atoms with Crippen LogP contribution in [0.25, 0.3) is 0 Å². The number of carboxylic acid groups (broad SMARTS) is 1. The number of aromatic carboxylic acids is 1.